The van der Waals surface area contributed by atoms with Crippen LogP contribution in [0.1, 0.15) is 11.1 Å². The van der Waals surface area contributed by atoms with Gasteiger partial charge in [-0.3, -0.25) is 14.4 Å². The minimum atomic E-state index is -0.941. The number of halogens is 1. The zero-order chi connectivity index (χ0) is 19.8. The summed E-state index contributed by atoms with van der Waals surface area (Å²) in [5, 5.41) is 6.61. The first-order valence-corrected chi connectivity index (χ1v) is 8.14. The number of primary amides is 1. The van der Waals surface area contributed by atoms with Crippen molar-refractivity contribution in [3.05, 3.63) is 58.6 Å². The van der Waals surface area contributed by atoms with Gasteiger partial charge in [0.25, 0.3) is 5.91 Å². The predicted molar refractivity (Wildman–Crippen MR) is 102 cm³/mol. The highest BCUT2D eigenvalue weighted by Crippen LogP contribution is 2.19. The Bertz CT molecular complexity index is 899. The van der Waals surface area contributed by atoms with Gasteiger partial charge < -0.3 is 15.8 Å². The summed E-state index contributed by atoms with van der Waals surface area (Å²) in [5.74, 6) is -2.00. The summed E-state index contributed by atoms with van der Waals surface area (Å²) in [6, 6.07) is 11.5. The van der Waals surface area contributed by atoms with Crippen molar-refractivity contribution in [2.75, 3.05) is 11.9 Å². The lowest BCUT2D eigenvalue weighted by molar-refractivity contribution is -0.136. The van der Waals surface area contributed by atoms with Gasteiger partial charge in [0.2, 0.25) is 0 Å². The SMILES string of the molecule is Cc1ccc(NC(=O)C(=O)N/N=C\c2cccc(OCC(N)=O)c2)cc1Cl. The van der Waals surface area contributed by atoms with Crippen LogP contribution in [0.4, 0.5) is 5.69 Å². The Kier molecular flexibility index (Phi) is 6.90. The molecule has 0 saturated carbocycles. The number of benzene rings is 2. The van der Waals surface area contributed by atoms with E-state index in [-0.39, 0.29) is 6.61 Å². The fourth-order valence-corrected chi connectivity index (χ4v) is 2.09. The minimum Gasteiger partial charge on any atom is -0.484 e. The molecule has 2 aromatic rings. The Labute approximate surface area is 160 Å². The normalized spacial score (nSPS) is 10.4. The number of carbonyl (C=O) groups excluding carboxylic acids is 3. The van der Waals surface area contributed by atoms with Crippen molar-refractivity contribution in [2.24, 2.45) is 10.8 Å². The topological polar surface area (TPSA) is 123 Å². The molecule has 0 aliphatic heterocycles. The van der Waals surface area contributed by atoms with Crippen molar-refractivity contribution in [3.8, 4) is 5.75 Å². The molecule has 2 aromatic carbocycles. The van der Waals surface area contributed by atoms with Gasteiger partial charge in [0.15, 0.2) is 6.61 Å². The first kappa shape index (κ1) is 19.9. The Morgan fingerprint density at radius 1 is 1.19 bits per heavy atom. The van der Waals surface area contributed by atoms with Gasteiger partial charge in [0.1, 0.15) is 5.75 Å². The minimum absolute atomic E-state index is 0.249. The van der Waals surface area contributed by atoms with Crippen LogP contribution in [0.15, 0.2) is 47.6 Å². The summed E-state index contributed by atoms with van der Waals surface area (Å²) >= 11 is 5.97. The lowest BCUT2D eigenvalue weighted by Gasteiger charge is -2.06. The summed E-state index contributed by atoms with van der Waals surface area (Å²) in [6.45, 7) is 1.57. The Balaban J connectivity index is 1.90. The van der Waals surface area contributed by atoms with E-state index in [1.807, 2.05) is 6.92 Å². The molecule has 0 aliphatic rings. The lowest BCUT2D eigenvalue weighted by atomic mass is 10.2. The van der Waals surface area contributed by atoms with Crippen LogP contribution < -0.4 is 21.2 Å². The van der Waals surface area contributed by atoms with Gasteiger partial charge >= 0.3 is 11.8 Å². The number of hydrazone groups is 1. The molecule has 0 unspecified atom stereocenters. The number of aryl methyl sites for hydroxylation is 1. The monoisotopic (exact) mass is 388 g/mol. The number of nitrogens with one attached hydrogen (secondary N) is 2. The highest BCUT2D eigenvalue weighted by Gasteiger charge is 2.13. The van der Waals surface area contributed by atoms with Gasteiger partial charge in [0, 0.05) is 10.7 Å². The largest absolute Gasteiger partial charge is 0.484 e. The van der Waals surface area contributed by atoms with Crippen LogP contribution in [0.25, 0.3) is 0 Å². The maximum atomic E-state index is 11.9. The molecule has 0 radical (unpaired) electrons. The highest BCUT2D eigenvalue weighted by atomic mass is 35.5. The number of hydrogen-bond donors (Lipinski definition) is 3. The highest BCUT2D eigenvalue weighted by molar-refractivity contribution is 6.39. The molecule has 2 rings (SSSR count). The van der Waals surface area contributed by atoms with Crippen LogP contribution in [0.5, 0.6) is 5.75 Å². The number of rotatable bonds is 6. The fraction of sp³-hybridized carbons (Fsp3) is 0.111. The van der Waals surface area contributed by atoms with Crippen LogP contribution in [0.3, 0.4) is 0 Å². The van der Waals surface area contributed by atoms with Gasteiger partial charge in [-0.2, -0.15) is 5.10 Å². The Hall–Kier alpha value is -3.39. The third-order valence-electron chi connectivity index (χ3n) is 3.25. The Morgan fingerprint density at radius 3 is 2.67 bits per heavy atom. The third kappa shape index (κ3) is 6.44. The Morgan fingerprint density at radius 2 is 1.96 bits per heavy atom. The van der Waals surface area contributed by atoms with E-state index in [2.05, 4.69) is 15.8 Å². The second-order valence-corrected chi connectivity index (χ2v) is 5.85. The molecule has 0 heterocycles. The molecule has 0 saturated heterocycles. The van der Waals surface area contributed by atoms with Crippen LogP contribution >= 0.6 is 11.6 Å². The van der Waals surface area contributed by atoms with Crippen LogP contribution in [0.2, 0.25) is 5.02 Å². The van der Waals surface area contributed by atoms with E-state index in [9.17, 15) is 14.4 Å². The first-order valence-electron chi connectivity index (χ1n) is 7.77. The second kappa shape index (κ2) is 9.35. The average Bonchev–Trinajstić information content (AvgIpc) is 2.63. The molecule has 9 heteroatoms. The molecule has 0 atom stereocenters. The van der Waals surface area contributed by atoms with Crippen molar-refractivity contribution in [3.63, 3.8) is 0 Å². The van der Waals surface area contributed by atoms with Crippen LogP contribution in [0, 0.1) is 6.92 Å². The standard InChI is InChI=1S/C18H17ClN4O4/c1-11-5-6-13(8-15(11)19)22-17(25)18(26)23-21-9-12-3-2-4-14(7-12)27-10-16(20)24/h2-9H,10H2,1H3,(H2,20,24)(H,22,25)(H,23,26)/b21-9-. The van der Waals surface area contributed by atoms with E-state index in [0.717, 1.165) is 5.56 Å². The quantitative estimate of drug-likeness (QED) is 0.395. The number of amides is 3. The van der Waals surface area contributed by atoms with Gasteiger partial charge in [-0.05, 0) is 42.3 Å². The average molecular weight is 389 g/mol. The number of anilines is 1. The molecular formula is C18H17ClN4O4. The van der Waals surface area contributed by atoms with Crippen molar-refractivity contribution < 1.29 is 19.1 Å². The van der Waals surface area contributed by atoms with Gasteiger partial charge in [-0.15, -0.1) is 0 Å². The fourth-order valence-electron chi connectivity index (χ4n) is 1.91. The van der Waals surface area contributed by atoms with Crippen LogP contribution in [-0.2, 0) is 14.4 Å². The van der Waals surface area contributed by atoms with E-state index in [0.29, 0.717) is 22.0 Å². The van der Waals surface area contributed by atoms with Gasteiger partial charge in [0.05, 0.1) is 6.21 Å². The van der Waals surface area contributed by atoms with E-state index in [1.165, 1.54) is 6.21 Å². The predicted octanol–water partition coefficient (Wildman–Crippen LogP) is 1.60. The van der Waals surface area contributed by atoms with Crippen molar-refractivity contribution in [1.29, 1.82) is 0 Å². The third-order valence-corrected chi connectivity index (χ3v) is 3.66. The molecular weight excluding hydrogens is 372 g/mol. The molecule has 4 N–H and O–H groups in total. The lowest BCUT2D eigenvalue weighted by Crippen LogP contribution is -2.32. The molecule has 0 aliphatic carbocycles. The first-order chi connectivity index (χ1) is 12.8. The van der Waals surface area contributed by atoms with Crippen LogP contribution in [-0.4, -0.2) is 30.5 Å². The number of nitrogens with two attached hydrogens (primary N) is 1. The molecule has 0 spiro atoms. The van der Waals surface area contributed by atoms with E-state index >= 15 is 0 Å². The maximum absolute atomic E-state index is 11.9. The van der Waals surface area contributed by atoms with Crippen molar-refractivity contribution in [1.82, 2.24) is 5.43 Å². The number of ether oxygens (including phenoxy) is 1. The zero-order valence-electron chi connectivity index (χ0n) is 14.4. The van der Waals surface area contributed by atoms with E-state index in [4.69, 9.17) is 22.1 Å². The smallest absolute Gasteiger partial charge is 0.329 e. The van der Waals surface area contributed by atoms with Crippen molar-refractivity contribution in [2.45, 2.75) is 6.92 Å². The molecule has 0 aromatic heterocycles. The molecule has 3 amide bonds. The second-order valence-electron chi connectivity index (χ2n) is 5.44. The number of hydrogen-bond acceptors (Lipinski definition) is 5. The summed E-state index contributed by atoms with van der Waals surface area (Å²) < 4.78 is 5.16. The maximum Gasteiger partial charge on any atom is 0.329 e. The molecule has 27 heavy (non-hydrogen) atoms. The van der Waals surface area contributed by atoms with Gasteiger partial charge in [-0.1, -0.05) is 29.8 Å². The molecule has 140 valence electrons. The number of nitrogens with zero attached hydrogens (tertiary/aromatic N) is 1. The number of carbonyl (C=O) groups is 3. The van der Waals surface area contributed by atoms with E-state index < -0.39 is 17.7 Å². The molecule has 0 bridgehead atoms. The summed E-state index contributed by atoms with van der Waals surface area (Å²) in [7, 11) is 0. The summed E-state index contributed by atoms with van der Waals surface area (Å²) in [6.07, 6.45) is 1.32. The summed E-state index contributed by atoms with van der Waals surface area (Å²) in [4.78, 5) is 34.4. The van der Waals surface area contributed by atoms with Gasteiger partial charge in [-0.25, -0.2) is 5.43 Å². The molecule has 0 fully saturated rings. The summed E-state index contributed by atoms with van der Waals surface area (Å²) in [5.41, 5.74) is 8.96. The zero-order valence-corrected chi connectivity index (χ0v) is 15.1. The van der Waals surface area contributed by atoms with Crippen molar-refractivity contribution >= 4 is 41.2 Å². The van der Waals surface area contributed by atoms with E-state index in [1.54, 1.807) is 42.5 Å². The molecule has 8 nitrogen and oxygen atoms in total.